The molecule has 0 aliphatic heterocycles. The number of nitrogens with one attached hydrogen (secondary N) is 1. The van der Waals surface area contributed by atoms with E-state index in [-0.39, 0.29) is 10.5 Å². The van der Waals surface area contributed by atoms with Crippen molar-refractivity contribution >= 4 is 27.6 Å². The molecule has 0 spiro atoms. The molecule has 35 heavy (non-hydrogen) atoms. The Kier molecular flexibility index (Phi) is 8.43. The predicted molar refractivity (Wildman–Crippen MR) is 136 cm³/mol. The van der Waals surface area contributed by atoms with Crippen LogP contribution in [0, 0.1) is 13.8 Å². The van der Waals surface area contributed by atoms with Crippen molar-refractivity contribution in [1.82, 2.24) is 4.31 Å². The fourth-order valence-corrected chi connectivity index (χ4v) is 5.33. The SMILES string of the molecule is CCN(CC)S(=O)(=O)c1cccc(C(=O)O[C@H](C(=O)Nc2cc(C)cc(C)c2)c2ccccc2)c1. The molecule has 0 fully saturated rings. The summed E-state index contributed by atoms with van der Waals surface area (Å²) in [5.74, 6) is -1.31. The maximum absolute atomic E-state index is 13.2. The second kappa shape index (κ2) is 11.3. The van der Waals surface area contributed by atoms with Crippen LogP contribution in [0.25, 0.3) is 0 Å². The Bertz CT molecular complexity index is 1280. The van der Waals surface area contributed by atoms with E-state index in [1.165, 1.54) is 28.6 Å². The van der Waals surface area contributed by atoms with Crippen LogP contribution in [0.3, 0.4) is 0 Å². The molecule has 0 heterocycles. The zero-order valence-corrected chi connectivity index (χ0v) is 21.1. The van der Waals surface area contributed by atoms with Crippen LogP contribution >= 0.6 is 0 Å². The van der Waals surface area contributed by atoms with E-state index in [0.29, 0.717) is 24.3 Å². The molecule has 0 bridgehead atoms. The third-order valence-corrected chi connectivity index (χ3v) is 7.51. The van der Waals surface area contributed by atoms with Crippen molar-refractivity contribution in [3.05, 3.63) is 95.1 Å². The van der Waals surface area contributed by atoms with E-state index in [1.807, 2.05) is 32.0 Å². The lowest BCUT2D eigenvalue weighted by molar-refractivity contribution is -0.125. The van der Waals surface area contributed by atoms with Crippen LogP contribution in [-0.4, -0.2) is 37.7 Å². The van der Waals surface area contributed by atoms with Crippen LogP contribution in [0.5, 0.6) is 0 Å². The van der Waals surface area contributed by atoms with Gasteiger partial charge in [0.2, 0.25) is 16.1 Å². The van der Waals surface area contributed by atoms with Crippen molar-refractivity contribution in [1.29, 1.82) is 0 Å². The quantitative estimate of drug-likeness (QED) is 0.429. The van der Waals surface area contributed by atoms with E-state index >= 15 is 0 Å². The first-order chi connectivity index (χ1) is 16.6. The zero-order valence-electron chi connectivity index (χ0n) is 20.3. The minimum atomic E-state index is -3.76. The number of amides is 1. The molecule has 7 nitrogen and oxygen atoms in total. The standard InChI is InChI=1S/C27H30N2O5S/c1-5-29(6-2)35(32,33)24-14-10-13-22(18-24)27(31)34-25(21-11-8-7-9-12-21)26(30)28-23-16-19(3)15-20(4)17-23/h7-18,25H,5-6H2,1-4H3,(H,28,30)/t25-/m0/s1. The number of carbonyl (C=O) groups excluding carboxylic acids is 2. The molecule has 3 aromatic carbocycles. The number of hydrogen-bond donors (Lipinski definition) is 1. The van der Waals surface area contributed by atoms with Crippen molar-refractivity contribution in [2.24, 2.45) is 0 Å². The van der Waals surface area contributed by atoms with Crippen molar-refractivity contribution in [2.75, 3.05) is 18.4 Å². The number of benzene rings is 3. The summed E-state index contributed by atoms with van der Waals surface area (Å²) >= 11 is 0. The van der Waals surface area contributed by atoms with Gasteiger partial charge in [-0.15, -0.1) is 0 Å². The number of rotatable bonds is 9. The lowest BCUT2D eigenvalue weighted by Crippen LogP contribution is -2.30. The van der Waals surface area contributed by atoms with Gasteiger partial charge in [0, 0.05) is 24.3 Å². The normalized spacial score (nSPS) is 12.3. The first-order valence-electron chi connectivity index (χ1n) is 11.4. The summed E-state index contributed by atoms with van der Waals surface area (Å²) in [7, 11) is -3.76. The molecular formula is C27H30N2O5S. The Labute approximate surface area is 206 Å². The van der Waals surface area contributed by atoms with Crippen molar-refractivity contribution in [3.8, 4) is 0 Å². The number of anilines is 1. The lowest BCUT2D eigenvalue weighted by atomic mass is 10.1. The molecule has 0 aliphatic rings. The van der Waals surface area contributed by atoms with E-state index in [4.69, 9.17) is 4.74 Å². The molecule has 0 unspecified atom stereocenters. The summed E-state index contributed by atoms with van der Waals surface area (Å²) in [4.78, 5) is 26.3. The molecule has 1 N–H and O–H groups in total. The highest BCUT2D eigenvalue weighted by Gasteiger charge is 2.27. The molecule has 0 aromatic heterocycles. The van der Waals surface area contributed by atoms with Crippen LogP contribution in [0.15, 0.2) is 77.7 Å². The predicted octanol–water partition coefficient (Wildman–Crippen LogP) is 4.87. The van der Waals surface area contributed by atoms with Crippen LogP contribution in [0.4, 0.5) is 5.69 Å². The number of carbonyl (C=O) groups is 2. The summed E-state index contributed by atoms with van der Waals surface area (Å²) in [5, 5.41) is 2.83. The largest absolute Gasteiger partial charge is 0.444 e. The summed E-state index contributed by atoms with van der Waals surface area (Å²) in [6, 6.07) is 20.0. The van der Waals surface area contributed by atoms with Gasteiger partial charge in [0.25, 0.3) is 5.91 Å². The van der Waals surface area contributed by atoms with E-state index in [2.05, 4.69) is 5.32 Å². The van der Waals surface area contributed by atoms with E-state index < -0.39 is 28.0 Å². The molecule has 0 saturated carbocycles. The van der Waals surface area contributed by atoms with Gasteiger partial charge in [-0.05, 0) is 55.3 Å². The molecule has 0 aliphatic carbocycles. The number of hydrogen-bond acceptors (Lipinski definition) is 5. The summed E-state index contributed by atoms with van der Waals surface area (Å²) in [6.45, 7) is 7.97. The Morgan fingerprint density at radius 1 is 0.886 bits per heavy atom. The van der Waals surface area contributed by atoms with Crippen LogP contribution in [0.1, 0.15) is 47.0 Å². The number of sulfonamides is 1. The molecular weight excluding hydrogens is 464 g/mol. The molecule has 0 radical (unpaired) electrons. The Hall–Kier alpha value is -3.49. The minimum Gasteiger partial charge on any atom is -0.444 e. The fourth-order valence-electron chi connectivity index (χ4n) is 3.83. The first-order valence-corrected chi connectivity index (χ1v) is 12.8. The molecule has 3 aromatic rings. The van der Waals surface area contributed by atoms with Gasteiger partial charge in [0.1, 0.15) is 0 Å². The topological polar surface area (TPSA) is 92.8 Å². The van der Waals surface area contributed by atoms with Gasteiger partial charge in [0.15, 0.2) is 0 Å². The highest BCUT2D eigenvalue weighted by molar-refractivity contribution is 7.89. The average Bonchev–Trinajstić information content (AvgIpc) is 2.83. The van der Waals surface area contributed by atoms with E-state index in [9.17, 15) is 18.0 Å². The number of aryl methyl sites for hydroxylation is 2. The van der Waals surface area contributed by atoms with Crippen molar-refractivity contribution in [2.45, 2.75) is 38.7 Å². The molecule has 3 rings (SSSR count). The highest BCUT2D eigenvalue weighted by Crippen LogP contribution is 2.24. The van der Waals surface area contributed by atoms with Gasteiger partial charge in [-0.25, -0.2) is 13.2 Å². The first kappa shape index (κ1) is 26.1. The van der Waals surface area contributed by atoms with Crippen LogP contribution in [-0.2, 0) is 19.6 Å². The summed E-state index contributed by atoms with van der Waals surface area (Å²) in [5.41, 5.74) is 3.10. The Morgan fingerprint density at radius 2 is 1.51 bits per heavy atom. The maximum atomic E-state index is 13.2. The average molecular weight is 495 g/mol. The Balaban J connectivity index is 1.90. The zero-order chi connectivity index (χ0) is 25.6. The van der Waals surface area contributed by atoms with Gasteiger partial charge in [-0.3, -0.25) is 4.79 Å². The third-order valence-electron chi connectivity index (χ3n) is 5.47. The second-order valence-electron chi connectivity index (χ2n) is 8.18. The monoisotopic (exact) mass is 494 g/mol. The minimum absolute atomic E-state index is 0.00778. The van der Waals surface area contributed by atoms with Gasteiger partial charge in [0.05, 0.1) is 10.5 Å². The maximum Gasteiger partial charge on any atom is 0.339 e. The smallest absolute Gasteiger partial charge is 0.339 e. The van der Waals surface area contributed by atoms with Gasteiger partial charge in [-0.2, -0.15) is 4.31 Å². The van der Waals surface area contributed by atoms with Gasteiger partial charge >= 0.3 is 5.97 Å². The molecule has 0 saturated heterocycles. The molecule has 184 valence electrons. The van der Waals surface area contributed by atoms with Crippen LogP contribution < -0.4 is 5.32 Å². The van der Waals surface area contributed by atoms with E-state index in [0.717, 1.165) is 11.1 Å². The van der Waals surface area contributed by atoms with Crippen molar-refractivity contribution < 1.29 is 22.7 Å². The van der Waals surface area contributed by atoms with Crippen molar-refractivity contribution in [3.63, 3.8) is 0 Å². The fraction of sp³-hybridized carbons (Fsp3) is 0.259. The summed E-state index contributed by atoms with van der Waals surface area (Å²) < 4.78 is 32.7. The second-order valence-corrected chi connectivity index (χ2v) is 10.1. The van der Waals surface area contributed by atoms with Crippen LogP contribution in [0.2, 0.25) is 0 Å². The molecule has 8 heteroatoms. The highest BCUT2D eigenvalue weighted by atomic mass is 32.2. The third kappa shape index (κ3) is 6.35. The van der Waals surface area contributed by atoms with E-state index in [1.54, 1.807) is 44.2 Å². The summed E-state index contributed by atoms with van der Waals surface area (Å²) in [6.07, 6.45) is -1.23. The number of esters is 1. The number of nitrogens with zero attached hydrogens (tertiary/aromatic N) is 1. The molecule has 1 amide bonds. The number of ether oxygens (including phenoxy) is 1. The Morgan fingerprint density at radius 3 is 2.11 bits per heavy atom. The lowest BCUT2D eigenvalue weighted by Gasteiger charge is -2.20. The van der Waals surface area contributed by atoms with Gasteiger partial charge < -0.3 is 10.1 Å². The van der Waals surface area contributed by atoms with Gasteiger partial charge in [-0.1, -0.05) is 56.3 Å². The molecule has 1 atom stereocenters.